The molecule has 0 aromatic heterocycles. The summed E-state index contributed by atoms with van der Waals surface area (Å²) in [6.07, 6.45) is 2.38. The van der Waals surface area contributed by atoms with Gasteiger partial charge in [0.2, 0.25) is 0 Å². The van der Waals surface area contributed by atoms with Crippen molar-refractivity contribution >= 4 is 0 Å². The average molecular weight is 152 g/mol. The van der Waals surface area contributed by atoms with Crippen molar-refractivity contribution < 1.29 is 0 Å². The van der Waals surface area contributed by atoms with Crippen LogP contribution in [0.15, 0.2) is 0 Å². The van der Waals surface area contributed by atoms with E-state index in [0.29, 0.717) is 0 Å². The summed E-state index contributed by atoms with van der Waals surface area (Å²) in [4.78, 5) is 2.03. The Hall–Kier alpha value is -0.550. The molecule has 1 saturated carbocycles. The van der Waals surface area contributed by atoms with Gasteiger partial charge in [0, 0.05) is 0 Å². The van der Waals surface area contributed by atoms with Crippen molar-refractivity contribution in [3.05, 3.63) is 0 Å². The van der Waals surface area contributed by atoms with Crippen molar-refractivity contribution in [3.8, 4) is 6.07 Å². The van der Waals surface area contributed by atoms with Crippen molar-refractivity contribution in [2.45, 2.75) is 32.2 Å². The Morgan fingerprint density at radius 2 is 1.91 bits per heavy atom. The molecule has 1 fully saturated rings. The van der Waals surface area contributed by atoms with Crippen molar-refractivity contribution in [2.75, 3.05) is 14.1 Å². The summed E-state index contributed by atoms with van der Waals surface area (Å²) in [5, 5.41) is 9.04. The van der Waals surface area contributed by atoms with Crippen LogP contribution in [0, 0.1) is 16.7 Å². The van der Waals surface area contributed by atoms with E-state index in [1.54, 1.807) is 0 Å². The molecule has 1 aliphatic carbocycles. The van der Waals surface area contributed by atoms with Gasteiger partial charge in [-0.1, -0.05) is 6.92 Å². The summed E-state index contributed by atoms with van der Waals surface area (Å²) in [6, 6.07) is 2.41. The molecule has 0 heterocycles. The molecule has 1 unspecified atom stereocenters. The van der Waals surface area contributed by atoms with Crippen LogP contribution >= 0.6 is 0 Å². The summed E-state index contributed by atoms with van der Waals surface area (Å²) in [6.45, 7) is 4.22. The zero-order valence-corrected chi connectivity index (χ0v) is 7.81. The van der Waals surface area contributed by atoms with Gasteiger partial charge in [0.25, 0.3) is 0 Å². The standard InChI is InChI=1S/C9H16N2/c1-8(5-6-8)9(2,7-10)11(3)4/h5-6H2,1-4H3. The number of nitriles is 1. The minimum atomic E-state index is -0.271. The third-order valence-corrected chi connectivity index (χ3v) is 3.29. The van der Waals surface area contributed by atoms with Crippen molar-refractivity contribution in [1.29, 1.82) is 5.26 Å². The normalized spacial score (nSPS) is 25.8. The highest BCUT2D eigenvalue weighted by Crippen LogP contribution is 2.55. The zero-order valence-electron chi connectivity index (χ0n) is 7.81. The highest BCUT2D eigenvalue weighted by atomic mass is 15.2. The molecular formula is C9H16N2. The molecule has 11 heavy (non-hydrogen) atoms. The third-order valence-electron chi connectivity index (χ3n) is 3.29. The Kier molecular flexibility index (Phi) is 1.72. The van der Waals surface area contributed by atoms with Crippen LogP contribution in [0.3, 0.4) is 0 Å². The van der Waals surface area contributed by atoms with Gasteiger partial charge >= 0.3 is 0 Å². The Bertz CT molecular complexity index is 198. The summed E-state index contributed by atoms with van der Waals surface area (Å²) in [7, 11) is 3.96. The van der Waals surface area contributed by atoms with Gasteiger partial charge in [-0.25, -0.2) is 0 Å². The monoisotopic (exact) mass is 152 g/mol. The van der Waals surface area contributed by atoms with Gasteiger partial charge in [-0.15, -0.1) is 0 Å². The van der Waals surface area contributed by atoms with E-state index in [-0.39, 0.29) is 11.0 Å². The van der Waals surface area contributed by atoms with Gasteiger partial charge in [-0.2, -0.15) is 5.26 Å². The zero-order chi connectivity index (χ0) is 8.70. The van der Waals surface area contributed by atoms with Crippen LogP contribution < -0.4 is 0 Å². The quantitative estimate of drug-likeness (QED) is 0.601. The molecule has 2 nitrogen and oxygen atoms in total. The average Bonchev–Trinajstić information content (AvgIpc) is 2.67. The summed E-state index contributed by atoms with van der Waals surface area (Å²) in [5.41, 5.74) is -0.0295. The van der Waals surface area contributed by atoms with Crippen LogP contribution in [0.2, 0.25) is 0 Å². The second-order valence-electron chi connectivity index (χ2n) is 4.14. The molecule has 62 valence electrons. The predicted octanol–water partition coefficient (Wildman–Crippen LogP) is 1.63. The maximum Gasteiger partial charge on any atom is 0.111 e. The van der Waals surface area contributed by atoms with Crippen LogP contribution in [0.5, 0.6) is 0 Å². The molecule has 0 saturated heterocycles. The number of hydrogen-bond donors (Lipinski definition) is 0. The van der Waals surface area contributed by atoms with E-state index in [2.05, 4.69) is 13.0 Å². The fourth-order valence-corrected chi connectivity index (χ4v) is 1.45. The molecule has 0 bridgehead atoms. The molecule has 1 rings (SSSR count). The Morgan fingerprint density at radius 3 is 2.00 bits per heavy atom. The van der Waals surface area contributed by atoms with Gasteiger partial charge in [-0.3, -0.25) is 4.90 Å². The highest BCUT2D eigenvalue weighted by molar-refractivity contribution is 5.19. The fraction of sp³-hybridized carbons (Fsp3) is 0.889. The number of nitrogens with zero attached hydrogens (tertiary/aromatic N) is 2. The largest absolute Gasteiger partial charge is 0.291 e. The van der Waals surface area contributed by atoms with E-state index in [9.17, 15) is 0 Å². The minimum Gasteiger partial charge on any atom is -0.291 e. The Labute approximate surface area is 68.8 Å². The molecule has 1 aliphatic rings. The molecule has 0 radical (unpaired) electrons. The van der Waals surface area contributed by atoms with E-state index in [1.807, 2.05) is 25.9 Å². The van der Waals surface area contributed by atoms with Gasteiger partial charge in [-0.05, 0) is 39.3 Å². The number of hydrogen-bond acceptors (Lipinski definition) is 2. The van der Waals surface area contributed by atoms with Crippen molar-refractivity contribution in [2.24, 2.45) is 5.41 Å². The lowest BCUT2D eigenvalue weighted by Gasteiger charge is -2.35. The van der Waals surface area contributed by atoms with Crippen LogP contribution in [0.25, 0.3) is 0 Å². The summed E-state index contributed by atoms with van der Waals surface area (Å²) in [5.74, 6) is 0. The molecule has 2 heteroatoms. The molecule has 1 atom stereocenters. The lowest BCUT2D eigenvalue weighted by Crippen LogP contribution is -2.46. The summed E-state index contributed by atoms with van der Waals surface area (Å²) < 4.78 is 0. The Balaban J connectivity index is 2.86. The molecule has 0 N–H and O–H groups in total. The van der Waals surface area contributed by atoms with Crippen molar-refractivity contribution in [3.63, 3.8) is 0 Å². The van der Waals surface area contributed by atoms with Crippen LogP contribution in [-0.2, 0) is 0 Å². The molecule has 0 amide bonds. The van der Waals surface area contributed by atoms with E-state index in [1.165, 1.54) is 12.8 Å². The topological polar surface area (TPSA) is 27.0 Å². The van der Waals surface area contributed by atoms with Gasteiger partial charge in [0.1, 0.15) is 5.54 Å². The molecule has 0 aromatic carbocycles. The van der Waals surface area contributed by atoms with Crippen LogP contribution in [0.1, 0.15) is 26.7 Å². The minimum absolute atomic E-state index is 0.241. The first-order valence-corrected chi connectivity index (χ1v) is 4.05. The SMILES string of the molecule is CN(C)C(C)(C#N)C1(C)CC1. The Morgan fingerprint density at radius 1 is 1.45 bits per heavy atom. The van der Waals surface area contributed by atoms with E-state index >= 15 is 0 Å². The second kappa shape index (κ2) is 2.22. The maximum absolute atomic E-state index is 9.04. The highest BCUT2D eigenvalue weighted by Gasteiger charge is 2.54. The second-order valence-corrected chi connectivity index (χ2v) is 4.14. The summed E-state index contributed by atoms with van der Waals surface area (Å²) >= 11 is 0. The molecule has 0 spiro atoms. The molecule has 0 aliphatic heterocycles. The third kappa shape index (κ3) is 1.04. The van der Waals surface area contributed by atoms with E-state index in [4.69, 9.17) is 5.26 Å². The van der Waals surface area contributed by atoms with Crippen molar-refractivity contribution in [1.82, 2.24) is 4.90 Å². The van der Waals surface area contributed by atoms with Crippen LogP contribution in [0.4, 0.5) is 0 Å². The van der Waals surface area contributed by atoms with E-state index in [0.717, 1.165) is 0 Å². The first-order valence-electron chi connectivity index (χ1n) is 4.05. The van der Waals surface area contributed by atoms with Crippen LogP contribution in [-0.4, -0.2) is 24.5 Å². The number of rotatable bonds is 2. The van der Waals surface area contributed by atoms with Gasteiger partial charge < -0.3 is 0 Å². The van der Waals surface area contributed by atoms with Gasteiger partial charge in [0.05, 0.1) is 6.07 Å². The lowest BCUT2D eigenvalue weighted by molar-refractivity contribution is 0.149. The predicted molar refractivity (Wildman–Crippen MR) is 45.0 cm³/mol. The fourth-order valence-electron chi connectivity index (χ4n) is 1.45. The van der Waals surface area contributed by atoms with E-state index < -0.39 is 0 Å². The smallest absolute Gasteiger partial charge is 0.111 e. The van der Waals surface area contributed by atoms with Gasteiger partial charge in [0.15, 0.2) is 0 Å². The molecule has 0 aromatic rings. The first kappa shape index (κ1) is 8.55. The first-order chi connectivity index (χ1) is 4.96. The molecular weight excluding hydrogens is 136 g/mol. The lowest BCUT2D eigenvalue weighted by atomic mass is 9.84. The maximum atomic E-state index is 9.04.